The standard InChI is InChI=1S/C15H22N2O2S/c1-4-16-9-10-17-14(18)11(2)20-15(17)12-5-7-13(19-3)8-6-12/h5-8,11,15-16H,4,9-10H2,1-3H3/p+1/t11-,15-/m0/s1. The van der Waals surface area contributed by atoms with Crippen LogP contribution in [0.25, 0.3) is 0 Å². The Labute approximate surface area is 124 Å². The van der Waals surface area contributed by atoms with Gasteiger partial charge in [-0.15, -0.1) is 11.8 Å². The number of thioether (sulfide) groups is 1. The zero-order valence-corrected chi connectivity index (χ0v) is 13.2. The van der Waals surface area contributed by atoms with Crippen molar-refractivity contribution < 1.29 is 14.8 Å². The van der Waals surface area contributed by atoms with Gasteiger partial charge in [0.2, 0.25) is 5.91 Å². The van der Waals surface area contributed by atoms with Crippen LogP contribution in [0.5, 0.6) is 5.75 Å². The van der Waals surface area contributed by atoms with Crippen LogP contribution in [0.3, 0.4) is 0 Å². The highest BCUT2D eigenvalue weighted by Gasteiger charge is 2.38. The molecule has 110 valence electrons. The van der Waals surface area contributed by atoms with Crippen molar-refractivity contribution in [2.75, 3.05) is 26.7 Å². The van der Waals surface area contributed by atoms with Crippen molar-refractivity contribution in [1.82, 2.24) is 4.90 Å². The lowest BCUT2D eigenvalue weighted by atomic mass is 10.2. The molecule has 2 atom stereocenters. The van der Waals surface area contributed by atoms with Crippen molar-refractivity contribution in [1.29, 1.82) is 0 Å². The van der Waals surface area contributed by atoms with Crippen molar-refractivity contribution in [2.24, 2.45) is 0 Å². The summed E-state index contributed by atoms with van der Waals surface area (Å²) in [6, 6.07) is 8.02. The zero-order chi connectivity index (χ0) is 14.5. The first kappa shape index (κ1) is 15.2. The van der Waals surface area contributed by atoms with Gasteiger partial charge in [-0.1, -0.05) is 12.1 Å². The van der Waals surface area contributed by atoms with Gasteiger partial charge in [0.05, 0.1) is 32.0 Å². The number of likely N-dealkylation sites (N-methyl/N-ethyl adjacent to an activating group) is 1. The molecular formula is C15H23N2O2S+. The second-order valence-electron chi connectivity index (χ2n) is 4.92. The molecule has 0 aromatic heterocycles. The monoisotopic (exact) mass is 295 g/mol. The lowest BCUT2D eigenvalue weighted by molar-refractivity contribution is -0.651. The van der Waals surface area contributed by atoms with Gasteiger partial charge in [-0.25, -0.2) is 0 Å². The molecule has 1 saturated heterocycles. The molecule has 1 aromatic carbocycles. The molecular weight excluding hydrogens is 272 g/mol. The van der Waals surface area contributed by atoms with Crippen LogP contribution in [0.2, 0.25) is 0 Å². The Bertz CT molecular complexity index is 450. The summed E-state index contributed by atoms with van der Waals surface area (Å²) in [5, 5.41) is 2.41. The molecule has 0 radical (unpaired) electrons. The molecule has 0 bridgehead atoms. The highest BCUT2D eigenvalue weighted by atomic mass is 32.2. The van der Waals surface area contributed by atoms with Gasteiger partial charge >= 0.3 is 0 Å². The molecule has 4 nitrogen and oxygen atoms in total. The number of carbonyl (C=O) groups excluding carboxylic acids is 1. The van der Waals surface area contributed by atoms with Gasteiger partial charge in [0, 0.05) is 0 Å². The number of methoxy groups -OCH3 is 1. The van der Waals surface area contributed by atoms with Crippen LogP contribution in [0.4, 0.5) is 0 Å². The molecule has 5 heteroatoms. The number of hydrogen-bond acceptors (Lipinski definition) is 3. The van der Waals surface area contributed by atoms with Crippen LogP contribution in [0.15, 0.2) is 24.3 Å². The van der Waals surface area contributed by atoms with Gasteiger partial charge in [-0.3, -0.25) is 4.79 Å². The van der Waals surface area contributed by atoms with Gasteiger partial charge in [0.1, 0.15) is 11.1 Å². The minimum atomic E-state index is 0.0451. The minimum absolute atomic E-state index is 0.0451. The molecule has 0 unspecified atom stereocenters. The van der Waals surface area contributed by atoms with E-state index >= 15 is 0 Å². The van der Waals surface area contributed by atoms with Crippen molar-refractivity contribution in [3.8, 4) is 5.75 Å². The van der Waals surface area contributed by atoms with Gasteiger partial charge in [0.25, 0.3) is 0 Å². The van der Waals surface area contributed by atoms with Gasteiger partial charge in [0.15, 0.2) is 0 Å². The summed E-state index contributed by atoms with van der Waals surface area (Å²) in [5.41, 5.74) is 1.17. The summed E-state index contributed by atoms with van der Waals surface area (Å²) in [6.45, 7) is 6.94. The maximum absolute atomic E-state index is 12.3. The molecule has 1 aromatic rings. The fraction of sp³-hybridized carbons (Fsp3) is 0.533. The van der Waals surface area contributed by atoms with E-state index < -0.39 is 0 Å². The summed E-state index contributed by atoms with van der Waals surface area (Å²) >= 11 is 1.73. The number of nitrogens with two attached hydrogens (primary N) is 1. The summed E-state index contributed by atoms with van der Waals surface area (Å²) in [6.07, 6.45) is 0. The van der Waals surface area contributed by atoms with E-state index in [1.807, 2.05) is 24.0 Å². The Morgan fingerprint density at radius 3 is 2.65 bits per heavy atom. The lowest BCUT2D eigenvalue weighted by Gasteiger charge is -2.23. The highest BCUT2D eigenvalue weighted by molar-refractivity contribution is 8.01. The van der Waals surface area contributed by atoms with Crippen molar-refractivity contribution in [3.05, 3.63) is 29.8 Å². The number of ether oxygens (including phenoxy) is 1. The third-order valence-electron chi connectivity index (χ3n) is 3.51. The molecule has 0 saturated carbocycles. The SMILES string of the molecule is CC[NH2+]CCN1C(=O)[C@H](C)S[C@H]1c1ccc(OC)cc1. The Morgan fingerprint density at radius 2 is 2.05 bits per heavy atom. The Morgan fingerprint density at radius 1 is 1.35 bits per heavy atom. The zero-order valence-electron chi connectivity index (χ0n) is 12.3. The van der Waals surface area contributed by atoms with Crippen LogP contribution in [-0.2, 0) is 4.79 Å². The molecule has 0 aliphatic carbocycles. The number of nitrogens with zero attached hydrogens (tertiary/aromatic N) is 1. The van der Waals surface area contributed by atoms with Crippen LogP contribution >= 0.6 is 11.8 Å². The number of hydrogen-bond donors (Lipinski definition) is 1. The van der Waals surface area contributed by atoms with Crippen molar-refractivity contribution in [3.63, 3.8) is 0 Å². The third kappa shape index (κ3) is 3.27. The van der Waals surface area contributed by atoms with E-state index in [0.717, 1.165) is 25.4 Å². The van der Waals surface area contributed by atoms with E-state index in [1.54, 1.807) is 18.9 Å². The van der Waals surface area contributed by atoms with Gasteiger partial charge in [-0.05, 0) is 31.5 Å². The van der Waals surface area contributed by atoms with Crippen LogP contribution in [0.1, 0.15) is 24.8 Å². The van der Waals surface area contributed by atoms with E-state index in [1.165, 1.54) is 5.56 Å². The Hall–Kier alpha value is -1.20. The highest BCUT2D eigenvalue weighted by Crippen LogP contribution is 2.42. The topological polar surface area (TPSA) is 46.2 Å². The summed E-state index contributed by atoms with van der Waals surface area (Å²) < 4.78 is 5.19. The number of rotatable bonds is 6. The normalized spacial score (nSPS) is 22.4. The Kier molecular flexibility index (Phi) is 5.31. The summed E-state index contributed by atoms with van der Waals surface area (Å²) in [5.74, 6) is 1.10. The molecule has 20 heavy (non-hydrogen) atoms. The smallest absolute Gasteiger partial charge is 0.236 e. The predicted molar refractivity (Wildman–Crippen MR) is 81.8 cm³/mol. The molecule has 1 fully saturated rings. The van der Waals surface area contributed by atoms with Crippen LogP contribution < -0.4 is 10.1 Å². The largest absolute Gasteiger partial charge is 0.497 e. The van der Waals surface area contributed by atoms with Crippen molar-refractivity contribution >= 4 is 17.7 Å². The van der Waals surface area contributed by atoms with E-state index in [2.05, 4.69) is 24.4 Å². The lowest BCUT2D eigenvalue weighted by Crippen LogP contribution is -2.85. The van der Waals surface area contributed by atoms with E-state index in [9.17, 15) is 4.79 Å². The molecule has 0 spiro atoms. The third-order valence-corrected chi connectivity index (χ3v) is 4.91. The van der Waals surface area contributed by atoms with Gasteiger partial charge in [-0.2, -0.15) is 0 Å². The van der Waals surface area contributed by atoms with E-state index in [4.69, 9.17) is 4.74 Å². The molecule has 1 aliphatic rings. The second-order valence-corrected chi connectivity index (χ2v) is 6.35. The molecule has 1 heterocycles. The maximum Gasteiger partial charge on any atom is 0.236 e. The van der Waals surface area contributed by atoms with Crippen LogP contribution in [0, 0.1) is 0 Å². The average molecular weight is 295 g/mol. The number of quaternary nitrogens is 1. The molecule has 1 amide bonds. The number of carbonyl (C=O) groups is 1. The first-order valence-electron chi connectivity index (χ1n) is 7.09. The summed E-state index contributed by atoms with van der Waals surface area (Å²) in [7, 11) is 1.66. The van der Waals surface area contributed by atoms with Gasteiger partial charge < -0.3 is 15.0 Å². The second kappa shape index (κ2) is 6.99. The van der Waals surface area contributed by atoms with Crippen LogP contribution in [-0.4, -0.2) is 42.8 Å². The first-order chi connectivity index (χ1) is 9.67. The van der Waals surface area contributed by atoms with Crippen molar-refractivity contribution in [2.45, 2.75) is 24.5 Å². The number of amides is 1. The first-order valence-corrected chi connectivity index (χ1v) is 8.03. The predicted octanol–water partition coefficient (Wildman–Crippen LogP) is 1.24. The maximum atomic E-state index is 12.3. The van der Waals surface area contributed by atoms with E-state index in [0.29, 0.717) is 0 Å². The Balaban J connectivity index is 2.12. The number of benzene rings is 1. The molecule has 2 N–H and O–H groups in total. The molecule has 2 rings (SSSR count). The fourth-order valence-electron chi connectivity index (χ4n) is 2.36. The van der Waals surface area contributed by atoms with E-state index in [-0.39, 0.29) is 16.5 Å². The minimum Gasteiger partial charge on any atom is -0.497 e. The quantitative estimate of drug-likeness (QED) is 0.803. The summed E-state index contributed by atoms with van der Waals surface area (Å²) in [4.78, 5) is 14.3. The molecule has 1 aliphatic heterocycles. The average Bonchev–Trinajstić information content (AvgIpc) is 2.76. The fourth-order valence-corrected chi connectivity index (χ4v) is 3.67.